The second-order valence-electron chi connectivity index (χ2n) is 9.09. The summed E-state index contributed by atoms with van der Waals surface area (Å²) in [4.78, 5) is 80.9. The second kappa shape index (κ2) is 26.7. The van der Waals surface area contributed by atoms with Gasteiger partial charge in [0.25, 0.3) is 0 Å². The number of carbonyl (C=O) groups is 8. The van der Waals surface area contributed by atoms with Crippen molar-refractivity contribution in [1.29, 1.82) is 0 Å². The fraction of sp³-hybridized carbons (Fsp3) is 0.538. The summed E-state index contributed by atoms with van der Waals surface area (Å²) in [6, 6.07) is 0. The van der Waals surface area contributed by atoms with Gasteiger partial charge in [0.15, 0.2) is 0 Å². The molecule has 9 nitrogen and oxygen atoms in total. The summed E-state index contributed by atoms with van der Waals surface area (Å²) >= 11 is 0. The van der Waals surface area contributed by atoms with Gasteiger partial charge in [-0.25, -0.2) is 25.7 Å². The molecule has 0 aliphatic carbocycles. The Labute approximate surface area is 350 Å². The molecule has 0 saturated heterocycles. The van der Waals surface area contributed by atoms with E-state index in [0.29, 0.717) is 0 Å². The molecule has 0 atom stereocenters. The first-order chi connectivity index (χ1) is 25.5. The second-order valence-corrected chi connectivity index (χ2v) is 9.09. The molecular formula is C26H19F24NO8Sm-. The average molecular weight is 1080 g/mol. The van der Waals surface area contributed by atoms with Crippen molar-refractivity contribution in [2.75, 3.05) is 19.6 Å². The number of rotatable bonds is 11. The van der Waals surface area contributed by atoms with Crippen LogP contribution in [0, 0.1) is 66.1 Å². The largest absolute Gasteiger partial charge is 3.00 e. The van der Waals surface area contributed by atoms with E-state index >= 15 is 0 Å². The molecule has 1 radical (unpaired) electrons. The average Bonchev–Trinajstić information content (AvgIpc) is 2.99. The van der Waals surface area contributed by atoms with E-state index in [4.69, 9.17) is 0 Å². The van der Waals surface area contributed by atoms with Crippen molar-refractivity contribution >= 4 is 46.3 Å². The zero-order valence-electron chi connectivity index (χ0n) is 28.6. The normalized spacial score (nSPS) is 12.0. The van der Waals surface area contributed by atoms with E-state index in [2.05, 4.69) is 25.7 Å². The fourth-order valence-electron chi connectivity index (χ4n) is 1.80. The summed E-state index contributed by atoms with van der Waals surface area (Å²) in [7, 11) is 0. The van der Waals surface area contributed by atoms with E-state index in [0.717, 1.165) is 0 Å². The smallest absolute Gasteiger partial charge is 0.324 e. The van der Waals surface area contributed by atoms with Crippen LogP contribution >= 0.6 is 0 Å². The van der Waals surface area contributed by atoms with E-state index in [1.54, 1.807) is 0 Å². The van der Waals surface area contributed by atoms with Gasteiger partial charge in [-0.15, -0.1) is 0 Å². The third-order valence-corrected chi connectivity index (χ3v) is 4.63. The third kappa shape index (κ3) is 35.2. The van der Waals surface area contributed by atoms with Gasteiger partial charge in [0.1, 0.15) is 46.3 Å². The summed E-state index contributed by atoms with van der Waals surface area (Å²) in [5, 5.41) is 0. The van der Waals surface area contributed by atoms with Crippen molar-refractivity contribution in [2.45, 2.75) is 70.2 Å². The van der Waals surface area contributed by atoms with Crippen molar-refractivity contribution in [3.63, 3.8) is 0 Å². The van der Waals surface area contributed by atoms with E-state index < -0.39 is 121 Å². The Morgan fingerprint density at radius 3 is 0.400 bits per heavy atom. The zero-order valence-corrected chi connectivity index (χ0v) is 31.2. The van der Waals surface area contributed by atoms with Gasteiger partial charge >= 0.3 is 89.8 Å². The molecule has 0 N–H and O–H groups in total. The van der Waals surface area contributed by atoms with Crippen LogP contribution in [0.3, 0.4) is 0 Å². The minimum atomic E-state index is -5.46. The van der Waals surface area contributed by atoms with E-state index in [9.17, 15) is 144 Å². The van der Waals surface area contributed by atoms with Crippen LogP contribution in [0.25, 0.3) is 0 Å². The van der Waals surface area contributed by atoms with Gasteiger partial charge < -0.3 is 43.3 Å². The monoisotopic (exact) mass is 1080 g/mol. The number of alkyl halides is 24. The van der Waals surface area contributed by atoms with Crippen molar-refractivity contribution in [1.82, 2.24) is 4.90 Å². The van der Waals surface area contributed by atoms with Gasteiger partial charge in [0.2, 0.25) is 0 Å². The number of halogens is 24. The first-order valence-corrected chi connectivity index (χ1v) is 13.5. The van der Waals surface area contributed by atoms with Crippen molar-refractivity contribution in [2.24, 2.45) is 0 Å². The number of hydrogen-bond acceptors (Lipinski definition) is 9. The van der Waals surface area contributed by atoms with Gasteiger partial charge in [-0.1, -0.05) is 20.8 Å². The van der Waals surface area contributed by atoms with E-state index in [1.165, 1.54) is 19.6 Å². The molecule has 0 aromatic heterocycles. The first kappa shape index (κ1) is 68.2. The summed E-state index contributed by atoms with van der Waals surface area (Å²) in [5.41, 5.74) is 0. The van der Waals surface area contributed by atoms with Crippen molar-refractivity contribution < 1.29 is 184 Å². The molecule has 0 aromatic rings. The molecule has 0 fully saturated rings. The van der Waals surface area contributed by atoms with Crippen LogP contribution in [0.4, 0.5) is 105 Å². The number of nitrogens with zero attached hydrogens (tertiary/aromatic N) is 1. The molecule has 0 bridgehead atoms. The predicted molar refractivity (Wildman–Crippen MR) is 139 cm³/mol. The number of carbonyl (C=O) groups excluding carboxylic acids is 8. The van der Waals surface area contributed by atoms with Gasteiger partial charge in [-0.05, 0) is 19.6 Å². The number of ketones is 8. The predicted octanol–water partition coefficient (Wildman–Crippen LogP) is 7.16. The Balaban J connectivity index is -0.000000153. The van der Waals surface area contributed by atoms with Crippen molar-refractivity contribution in [3.05, 3.63) is 25.7 Å². The number of hydrogen-bond donors (Lipinski definition) is 0. The minimum absolute atomic E-state index is 0. The van der Waals surface area contributed by atoms with Crippen molar-refractivity contribution in [3.8, 4) is 0 Å². The minimum Gasteiger partial charge on any atom is -0.324 e. The van der Waals surface area contributed by atoms with Crippen LogP contribution < -0.4 is 0 Å². The van der Waals surface area contributed by atoms with Crippen LogP contribution in [-0.4, -0.2) is 120 Å². The molecule has 351 valence electrons. The molecular weight excluding hydrogens is 1060 g/mol. The SMILES string of the molecule is CCN(CC)CC.O=C([CH-]C(=O)C(F)(F)F)C(F)(F)F.O=C([CH-]C(=O)C(F)(F)F)C(F)(F)F.O=C([CH-]C(=O)C(F)(F)F)C(F)(F)F.O=C([CH-]C(=O)C(F)(F)F)C(F)(F)F.[Sm+3]. The maximum absolute atomic E-state index is 11.3. The molecule has 0 rings (SSSR count). The molecule has 0 aromatic carbocycles. The molecule has 34 heteroatoms. The van der Waals surface area contributed by atoms with Crippen LogP contribution in [0.5, 0.6) is 0 Å². The van der Waals surface area contributed by atoms with Gasteiger partial charge in [-0.2, -0.15) is 105 Å². The molecule has 0 saturated carbocycles. The Kier molecular flexibility index (Phi) is 30.4. The Morgan fingerprint density at radius 2 is 0.367 bits per heavy atom. The Morgan fingerprint density at radius 1 is 0.283 bits per heavy atom. The Hall–Kier alpha value is -3.54. The van der Waals surface area contributed by atoms with E-state index in [-0.39, 0.29) is 40.4 Å². The molecule has 60 heavy (non-hydrogen) atoms. The van der Waals surface area contributed by atoms with Gasteiger partial charge in [0.05, 0.1) is 0 Å². The van der Waals surface area contributed by atoms with Gasteiger partial charge in [0, 0.05) is 0 Å². The third-order valence-electron chi connectivity index (χ3n) is 4.63. The van der Waals surface area contributed by atoms with Gasteiger partial charge in [-0.3, -0.25) is 0 Å². The first-order valence-electron chi connectivity index (χ1n) is 13.5. The molecule has 0 unspecified atom stereocenters. The maximum atomic E-state index is 11.3. The summed E-state index contributed by atoms with van der Waals surface area (Å²) in [6.45, 7) is 10.1. The molecule has 0 heterocycles. The van der Waals surface area contributed by atoms with Crippen LogP contribution in [0.1, 0.15) is 20.8 Å². The summed E-state index contributed by atoms with van der Waals surface area (Å²) < 4.78 is 271. The summed E-state index contributed by atoms with van der Waals surface area (Å²) in [5.74, 6) is -22.6. The topological polar surface area (TPSA) is 140 Å². The molecule has 0 amide bonds. The quantitative estimate of drug-likeness (QED) is 0.120. The maximum Gasteiger partial charge on any atom is 3.00 e. The van der Waals surface area contributed by atoms with E-state index in [1.807, 2.05) is 0 Å². The zero-order chi connectivity index (χ0) is 49.1. The standard InChI is InChI=1S/C6H15N.4C5HF6O2.Sm/c1-4-7(5-2)6-3;4*6-4(7,8)2(12)1-3(13)5(9,10)11;/h4-6H2,1-3H3;4*1H;/q;4*-1;+3. The van der Waals surface area contributed by atoms with Crippen LogP contribution in [-0.2, 0) is 38.4 Å². The Bertz CT molecular complexity index is 1110. The molecule has 0 spiro atoms. The molecule has 0 aliphatic heterocycles. The fourth-order valence-corrected chi connectivity index (χ4v) is 1.80. The number of Topliss-reactive ketones (excluding diaryl/α,β-unsaturated/α-hetero) is 8. The summed E-state index contributed by atoms with van der Waals surface area (Å²) in [6.07, 6.45) is -47.8. The molecule has 0 aliphatic rings. The van der Waals surface area contributed by atoms with Crippen LogP contribution in [0.15, 0.2) is 0 Å². The van der Waals surface area contributed by atoms with Crippen LogP contribution in [0.2, 0.25) is 0 Å².